The number of hydrogen-bond acceptors (Lipinski definition) is 5. The lowest BCUT2D eigenvalue weighted by atomic mass is 9.34. The van der Waals surface area contributed by atoms with Crippen molar-refractivity contribution in [2.24, 2.45) is 62.4 Å². The number of allylic oxidation sites excluding steroid dienone is 1. The molecule has 39 heavy (non-hydrogen) atoms. The molecule has 222 valence electrons. The quantitative estimate of drug-likeness (QED) is 0.385. The van der Waals surface area contributed by atoms with E-state index >= 15 is 0 Å². The molecule has 2 bridgehead atoms. The summed E-state index contributed by atoms with van der Waals surface area (Å²) < 4.78 is 19.1. The molecule has 11 atom stereocenters. The molecule has 6 nitrogen and oxygen atoms in total. The van der Waals surface area contributed by atoms with Gasteiger partial charge in [0.15, 0.2) is 0 Å². The lowest BCUT2D eigenvalue weighted by molar-refractivity contribution is -0.266. The zero-order valence-corrected chi connectivity index (χ0v) is 25.8. The summed E-state index contributed by atoms with van der Waals surface area (Å²) in [6.45, 7) is 18.7. The second-order valence-corrected chi connectivity index (χ2v) is 15.4. The molecule has 5 aliphatic rings. The van der Waals surface area contributed by atoms with Gasteiger partial charge in [-0.25, -0.2) is 0 Å². The van der Waals surface area contributed by atoms with E-state index in [9.17, 15) is 9.90 Å². The molecule has 5 rings (SSSR count). The average Bonchev–Trinajstić information content (AvgIpc) is 2.87. The van der Waals surface area contributed by atoms with Crippen LogP contribution in [0.25, 0.3) is 0 Å². The summed E-state index contributed by atoms with van der Waals surface area (Å²) in [5.41, 5.74) is 6.60. The topological polar surface area (TPSA) is 91.0 Å². The molecule has 1 unspecified atom stereocenters. The van der Waals surface area contributed by atoms with Crippen LogP contribution >= 0.6 is 0 Å². The van der Waals surface area contributed by atoms with Crippen LogP contribution < -0.4 is 5.73 Å². The van der Waals surface area contributed by atoms with Gasteiger partial charge in [-0.1, -0.05) is 60.1 Å². The smallest absolute Gasteiger partial charge is 0.307 e. The van der Waals surface area contributed by atoms with Crippen LogP contribution in [-0.4, -0.2) is 56.8 Å². The molecular weight excluding hydrogens is 490 g/mol. The lowest BCUT2D eigenvalue weighted by Crippen LogP contribution is -2.70. The summed E-state index contributed by atoms with van der Waals surface area (Å²) in [5, 5.41) is 10.9. The van der Waals surface area contributed by atoms with E-state index in [4.69, 9.17) is 19.9 Å². The number of rotatable bonds is 7. The number of aliphatic carboxylic acids is 1. The van der Waals surface area contributed by atoms with Crippen molar-refractivity contribution in [1.29, 1.82) is 0 Å². The van der Waals surface area contributed by atoms with Gasteiger partial charge in [-0.05, 0) is 78.4 Å². The van der Waals surface area contributed by atoms with Crippen LogP contribution in [-0.2, 0) is 19.0 Å². The van der Waals surface area contributed by atoms with E-state index in [-0.39, 0.29) is 45.2 Å². The molecule has 0 amide bonds. The SMILES string of the molecule is CO[C@@H]1C[C@@]23COCC(C)([C@H]1OCCN)[C@@H]2CC[C@H]1C3=CC[C@@]2(C)[C@H](C(=O)O)[C@@](C)([C@H](C)C(C)C)CC[C@]12C. The lowest BCUT2D eigenvalue weighted by Gasteiger charge is -2.71. The van der Waals surface area contributed by atoms with Crippen molar-refractivity contribution >= 4 is 5.97 Å². The van der Waals surface area contributed by atoms with E-state index in [0.29, 0.717) is 43.4 Å². The Labute approximate surface area is 236 Å². The van der Waals surface area contributed by atoms with Crippen LogP contribution in [0.1, 0.15) is 87.0 Å². The van der Waals surface area contributed by atoms with Crippen LogP contribution in [0.4, 0.5) is 0 Å². The monoisotopic (exact) mass is 545 g/mol. The first-order valence-electron chi connectivity index (χ1n) is 15.6. The molecule has 3 N–H and O–H groups in total. The second kappa shape index (κ2) is 9.81. The second-order valence-electron chi connectivity index (χ2n) is 15.4. The van der Waals surface area contributed by atoms with Crippen LogP contribution in [0.5, 0.6) is 0 Å². The van der Waals surface area contributed by atoms with Gasteiger partial charge < -0.3 is 25.1 Å². The molecule has 4 fully saturated rings. The van der Waals surface area contributed by atoms with Gasteiger partial charge in [0, 0.05) is 24.5 Å². The predicted molar refractivity (Wildman–Crippen MR) is 153 cm³/mol. The first kappa shape index (κ1) is 29.5. The largest absolute Gasteiger partial charge is 0.481 e. The Balaban J connectivity index is 1.59. The fraction of sp³-hybridized carbons (Fsp3) is 0.909. The first-order valence-corrected chi connectivity index (χ1v) is 15.6. The van der Waals surface area contributed by atoms with E-state index in [1.807, 2.05) is 7.11 Å². The number of carbonyl (C=O) groups is 1. The summed E-state index contributed by atoms with van der Waals surface area (Å²) in [5.74, 6) is 0.667. The number of ether oxygens (including phenoxy) is 3. The van der Waals surface area contributed by atoms with Gasteiger partial charge in [-0.15, -0.1) is 0 Å². The molecule has 1 heterocycles. The normalized spacial score (nSPS) is 49.9. The highest BCUT2D eigenvalue weighted by molar-refractivity contribution is 5.73. The molecule has 1 aliphatic heterocycles. The molecule has 0 spiro atoms. The van der Waals surface area contributed by atoms with Gasteiger partial charge in [0.1, 0.15) is 0 Å². The van der Waals surface area contributed by atoms with Crippen LogP contribution in [0, 0.1) is 56.7 Å². The predicted octanol–water partition coefficient (Wildman–Crippen LogP) is 5.93. The Hall–Kier alpha value is -0.950. The molecular formula is C33H55NO5. The van der Waals surface area contributed by atoms with Crippen molar-refractivity contribution in [2.75, 3.05) is 33.5 Å². The van der Waals surface area contributed by atoms with Gasteiger partial charge in [-0.2, -0.15) is 0 Å². The minimum atomic E-state index is -0.604. The maximum Gasteiger partial charge on any atom is 0.307 e. The maximum absolute atomic E-state index is 13.2. The molecule has 1 saturated heterocycles. The van der Waals surface area contributed by atoms with Crippen molar-refractivity contribution in [1.82, 2.24) is 0 Å². The molecule has 4 aliphatic carbocycles. The number of hydrogen-bond donors (Lipinski definition) is 2. The highest BCUT2D eigenvalue weighted by Crippen LogP contribution is 2.74. The Morgan fingerprint density at radius 2 is 1.85 bits per heavy atom. The van der Waals surface area contributed by atoms with E-state index in [2.05, 4.69) is 54.5 Å². The van der Waals surface area contributed by atoms with Crippen LogP contribution in [0.3, 0.4) is 0 Å². The molecule has 3 saturated carbocycles. The van der Waals surface area contributed by atoms with Crippen molar-refractivity contribution < 1.29 is 24.1 Å². The Kier molecular flexibility index (Phi) is 7.43. The molecule has 0 aromatic carbocycles. The standard InChI is InChI=1S/C33H55NO5/c1-20(2)21(3)29(4)13-14-31(6)22-9-10-25-30(5)18-38-19-33(25,17-24(37-8)27(30)39-16-15-34)23(22)11-12-32(31,7)26(29)28(35)36/h11,20-22,24-27H,9-10,12-19,34H2,1-8H3,(H,35,36)/t21-,22+,24-,25+,26-,27+,29-,30?,31-,32+,33+/m1/s1. The van der Waals surface area contributed by atoms with E-state index in [1.165, 1.54) is 0 Å². The molecule has 6 heteroatoms. The van der Waals surface area contributed by atoms with Crippen LogP contribution in [0.2, 0.25) is 0 Å². The minimum absolute atomic E-state index is 0.00391. The average molecular weight is 546 g/mol. The van der Waals surface area contributed by atoms with Gasteiger partial charge in [-0.3, -0.25) is 4.79 Å². The fourth-order valence-corrected chi connectivity index (χ4v) is 11.3. The third-order valence-electron chi connectivity index (χ3n) is 13.8. The summed E-state index contributed by atoms with van der Waals surface area (Å²) >= 11 is 0. The fourth-order valence-electron chi connectivity index (χ4n) is 11.3. The number of carboxylic acids is 1. The van der Waals surface area contributed by atoms with Crippen LogP contribution in [0.15, 0.2) is 11.6 Å². The Morgan fingerprint density at radius 1 is 1.13 bits per heavy atom. The first-order chi connectivity index (χ1) is 18.3. The van der Waals surface area contributed by atoms with Gasteiger partial charge >= 0.3 is 5.97 Å². The minimum Gasteiger partial charge on any atom is -0.481 e. The summed E-state index contributed by atoms with van der Waals surface area (Å²) in [4.78, 5) is 13.2. The molecule has 0 aromatic heterocycles. The summed E-state index contributed by atoms with van der Waals surface area (Å²) in [7, 11) is 1.82. The van der Waals surface area contributed by atoms with Gasteiger partial charge in [0.25, 0.3) is 0 Å². The van der Waals surface area contributed by atoms with E-state index in [1.54, 1.807) is 5.57 Å². The van der Waals surface area contributed by atoms with Gasteiger partial charge in [0.2, 0.25) is 0 Å². The van der Waals surface area contributed by atoms with E-state index in [0.717, 1.165) is 45.1 Å². The van der Waals surface area contributed by atoms with Gasteiger partial charge in [0.05, 0.1) is 37.9 Å². The summed E-state index contributed by atoms with van der Waals surface area (Å²) in [6, 6.07) is 0. The molecule has 0 radical (unpaired) electrons. The maximum atomic E-state index is 13.2. The van der Waals surface area contributed by atoms with Crippen molar-refractivity contribution in [2.45, 2.75) is 99.2 Å². The Bertz CT molecular complexity index is 997. The Morgan fingerprint density at radius 3 is 2.46 bits per heavy atom. The summed E-state index contributed by atoms with van der Waals surface area (Å²) in [6.07, 6.45) is 8.49. The molecule has 0 aromatic rings. The highest BCUT2D eigenvalue weighted by Gasteiger charge is 2.71. The van der Waals surface area contributed by atoms with Crippen molar-refractivity contribution in [3.05, 3.63) is 11.6 Å². The highest BCUT2D eigenvalue weighted by atomic mass is 16.5. The van der Waals surface area contributed by atoms with Crippen molar-refractivity contribution in [3.8, 4) is 0 Å². The zero-order chi connectivity index (χ0) is 28.6. The number of methoxy groups -OCH3 is 1. The number of nitrogens with two attached hydrogens (primary N) is 1. The third kappa shape index (κ3) is 3.83. The van der Waals surface area contributed by atoms with E-state index < -0.39 is 5.97 Å². The zero-order valence-electron chi connectivity index (χ0n) is 25.8. The van der Waals surface area contributed by atoms with Crippen molar-refractivity contribution in [3.63, 3.8) is 0 Å². The third-order valence-corrected chi connectivity index (χ3v) is 13.8. The number of carboxylic acid groups (broad SMARTS) is 1. The number of fused-ring (bicyclic) bond motifs is 3.